The summed E-state index contributed by atoms with van der Waals surface area (Å²) >= 11 is 3.29. The van der Waals surface area contributed by atoms with Crippen LogP contribution >= 0.6 is 15.9 Å². The molecule has 0 nitrogen and oxygen atoms in total. The third-order valence-electron chi connectivity index (χ3n) is 2.50. The van der Waals surface area contributed by atoms with Crippen molar-refractivity contribution in [3.05, 3.63) is 71.3 Å². The van der Waals surface area contributed by atoms with E-state index in [0.29, 0.717) is 0 Å². The Hall–Kier alpha value is -1.52. The van der Waals surface area contributed by atoms with Gasteiger partial charge in [0, 0.05) is 5.56 Å². The Morgan fingerprint density at radius 2 is 1.47 bits per heavy atom. The summed E-state index contributed by atoms with van der Waals surface area (Å²) in [5.41, 5.74) is 3.73. The highest BCUT2D eigenvalue weighted by Gasteiger charge is 1.95. The summed E-state index contributed by atoms with van der Waals surface area (Å²) in [6.45, 7) is 0. The second-order valence-electron chi connectivity index (χ2n) is 3.79. The quantitative estimate of drug-likeness (QED) is 0.577. The first-order chi connectivity index (χ1) is 8.38. The smallest absolute Gasteiger partial charge is 0.0649 e. The van der Waals surface area contributed by atoms with E-state index in [2.05, 4.69) is 76.3 Å². The molecule has 0 aliphatic rings. The molecule has 0 aromatic heterocycles. The molecule has 2 aromatic rings. The fourth-order valence-corrected chi connectivity index (χ4v) is 1.81. The summed E-state index contributed by atoms with van der Waals surface area (Å²) in [7, 11) is 0. The monoisotopic (exact) mass is 284 g/mol. The zero-order chi connectivity index (χ0) is 11.9. The molecule has 2 rings (SSSR count). The molecule has 0 amide bonds. The zero-order valence-corrected chi connectivity index (χ0v) is 11.1. The zero-order valence-electron chi connectivity index (χ0n) is 9.49. The summed E-state index contributed by atoms with van der Waals surface area (Å²) in [6, 6.07) is 18.9. The van der Waals surface area contributed by atoms with E-state index in [1.54, 1.807) is 0 Å². The third-order valence-corrected chi connectivity index (χ3v) is 2.78. The van der Waals surface area contributed by atoms with Crippen molar-refractivity contribution in [2.75, 3.05) is 5.33 Å². The van der Waals surface area contributed by atoms with Gasteiger partial charge in [-0.1, -0.05) is 70.2 Å². The summed E-state index contributed by atoms with van der Waals surface area (Å²) in [5, 5.41) is 0.721. The Labute approximate surface area is 111 Å². The minimum atomic E-state index is 0.721. The molecule has 0 N–H and O–H groups in total. The maximum absolute atomic E-state index is 3.29. The Bertz CT molecular complexity index is 515. The molecular formula is C16H13Br. The first-order valence-corrected chi connectivity index (χ1v) is 6.68. The minimum Gasteiger partial charge on any atom is -0.0863 e. The van der Waals surface area contributed by atoms with Gasteiger partial charge in [-0.15, -0.1) is 0 Å². The average molecular weight is 285 g/mol. The molecule has 0 radical (unpaired) electrons. The molecule has 0 saturated heterocycles. The first-order valence-electron chi connectivity index (χ1n) is 5.56. The van der Waals surface area contributed by atoms with Gasteiger partial charge in [0.2, 0.25) is 0 Å². The first kappa shape index (κ1) is 12.0. The lowest BCUT2D eigenvalue weighted by Gasteiger charge is -2.01. The van der Waals surface area contributed by atoms with Crippen LogP contribution in [0.1, 0.15) is 16.7 Å². The van der Waals surface area contributed by atoms with Crippen molar-refractivity contribution in [2.45, 2.75) is 6.42 Å². The number of halogens is 1. The molecule has 0 aliphatic heterocycles. The van der Waals surface area contributed by atoms with E-state index in [1.807, 2.05) is 6.07 Å². The molecule has 1 heteroatoms. The van der Waals surface area contributed by atoms with Crippen LogP contribution < -0.4 is 0 Å². The Morgan fingerprint density at radius 3 is 2.12 bits per heavy atom. The highest BCUT2D eigenvalue weighted by Crippen LogP contribution is 2.10. The van der Waals surface area contributed by atoms with Crippen LogP contribution in [0.4, 0.5) is 0 Å². The van der Waals surface area contributed by atoms with E-state index >= 15 is 0 Å². The molecule has 17 heavy (non-hydrogen) atoms. The van der Waals surface area contributed by atoms with Crippen LogP contribution in [0.25, 0.3) is 0 Å². The van der Waals surface area contributed by atoms with Gasteiger partial charge in [-0.25, -0.2) is 0 Å². The Balaban J connectivity index is 2.08. The number of alkyl halides is 1. The average Bonchev–Trinajstić information content (AvgIpc) is 2.39. The lowest BCUT2D eigenvalue weighted by Crippen LogP contribution is -1.87. The standard InChI is InChI=1S/C16H13Br/c17-12-4-7-14-8-10-16(11-9-14)13-15-5-2-1-3-6-15/h1-3,5-6,8-11H,12-13H2. The van der Waals surface area contributed by atoms with Crippen LogP contribution in [0.3, 0.4) is 0 Å². The highest BCUT2D eigenvalue weighted by molar-refractivity contribution is 9.09. The van der Waals surface area contributed by atoms with Crippen molar-refractivity contribution in [2.24, 2.45) is 0 Å². The van der Waals surface area contributed by atoms with E-state index < -0.39 is 0 Å². The fraction of sp³-hybridized carbons (Fsp3) is 0.125. The maximum Gasteiger partial charge on any atom is 0.0649 e. The van der Waals surface area contributed by atoms with Gasteiger partial charge < -0.3 is 0 Å². The van der Waals surface area contributed by atoms with Crippen LogP contribution in [-0.4, -0.2) is 5.33 Å². The summed E-state index contributed by atoms with van der Waals surface area (Å²) in [4.78, 5) is 0. The van der Waals surface area contributed by atoms with Gasteiger partial charge in [0.15, 0.2) is 0 Å². The summed E-state index contributed by atoms with van der Waals surface area (Å²) in [6.07, 6.45) is 0.979. The summed E-state index contributed by atoms with van der Waals surface area (Å²) in [5.74, 6) is 6.09. The van der Waals surface area contributed by atoms with Gasteiger partial charge >= 0.3 is 0 Å². The van der Waals surface area contributed by atoms with Crippen LogP contribution in [0.2, 0.25) is 0 Å². The topological polar surface area (TPSA) is 0 Å². The van der Waals surface area contributed by atoms with Gasteiger partial charge in [-0.05, 0) is 29.7 Å². The van der Waals surface area contributed by atoms with Crippen molar-refractivity contribution in [1.82, 2.24) is 0 Å². The number of hydrogen-bond donors (Lipinski definition) is 0. The Morgan fingerprint density at radius 1 is 0.824 bits per heavy atom. The van der Waals surface area contributed by atoms with Crippen LogP contribution in [-0.2, 0) is 6.42 Å². The lowest BCUT2D eigenvalue weighted by molar-refractivity contribution is 1.19. The van der Waals surface area contributed by atoms with Crippen molar-refractivity contribution in [3.63, 3.8) is 0 Å². The number of rotatable bonds is 2. The molecule has 0 fully saturated rings. The van der Waals surface area contributed by atoms with Gasteiger partial charge in [-0.3, -0.25) is 0 Å². The minimum absolute atomic E-state index is 0.721. The van der Waals surface area contributed by atoms with Gasteiger partial charge in [0.25, 0.3) is 0 Å². The summed E-state index contributed by atoms with van der Waals surface area (Å²) < 4.78 is 0. The van der Waals surface area contributed by atoms with E-state index in [9.17, 15) is 0 Å². The van der Waals surface area contributed by atoms with Gasteiger partial charge in [0.1, 0.15) is 0 Å². The molecule has 2 aromatic carbocycles. The molecule has 0 unspecified atom stereocenters. The molecule has 0 atom stereocenters. The number of hydrogen-bond acceptors (Lipinski definition) is 0. The van der Waals surface area contributed by atoms with Crippen molar-refractivity contribution in [1.29, 1.82) is 0 Å². The predicted molar refractivity (Wildman–Crippen MR) is 76.4 cm³/mol. The van der Waals surface area contributed by atoms with Crippen molar-refractivity contribution >= 4 is 15.9 Å². The molecule has 0 heterocycles. The lowest BCUT2D eigenvalue weighted by atomic mass is 10.0. The van der Waals surface area contributed by atoms with Crippen LogP contribution in [0.5, 0.6) is 0 Å². The van der Waals surface area contributed by atoms with E-state index in [0.717, 1.165) is 17.3 Å². The van der Waals surface area contributed by atoms with Crippen molar-refractivity contribution < 1.29 is 0 Å². The normalized spacial score (nSPS) is 9.47. The number of benzene rings is 2. The van der Waals surface area contributed by atoms with Gasteiger partial charge in [-0.2, -0.15) is 0 Å². The fourth-order valence-electron chi connectivity index (χ4n) is 1.67. The molecule has 0 aliphatic carbocycles. The second kappa shape index (κ2) is 6.27. The molecule has 0 bridgehead atoms. The van der Waals surface area contributed by atoms with E-state index in [1.165, 1.54) is 11.1 Å². The predicted octanol–water partition coefficient (Wildman–Crippen LogP) is 4.02. The molecular weight excluding hydrogens is 272 g/mol. The van der Waals surface area contributed by atoms with Crippen LogP contribution in [0.15, 0.2) is 54.6 Å². The largest absolute Gasteiger partial charge is 0.0863 e. The third kappa shape index (κ3) is 3.76. The molecule has 84 valence electrons. The van der Waals surface area contributed by atoms with Crippen LogP contribution in [0, 0.1) is 11.8 Å². The van der Waals surface area contributed by atoms with E-state index in [4.69, 9.17) is 0 Å². The second-order valence-corrected chi connectivity index (χ2v) is 4.36. The Kier molecular flexibility index (Phi) is 4.41. The van der Waals surface area contributed by atoms with Gasteiger partial charge in [0.05, 0.1) is 5.33 Å². The highest BCUT2D eigenvalue weighted by atomic mass is 79.9. The van der Waals surface area contributed by atoms with E-state index in [-0.39, 0.29) is 0 Å². The van der Waals surface area contributed by atoms with Crippen molar-refractivity contribution in [3.8, 4) is 11.8 Å². The molecule has 0 saturated carbocycles. The SMILES string of the molecule is BrCC#Cc1ccc(Cc2ccccc2)cc1. The maximum atomic E-state index is 3.29. The molecule has 0 spiro atoms.